The van der Waals surface area contributed by atoms with Crippen molar-refractivity contribution in [1.82, 2.24) is 34.7 Å². The molecule has 1 saturated heterocycles. The number of methoxy groups -OCH3 is 1. The fourth-order valence-corrected chi connectivity index (χ4v) is 4.34. The number of imidazole rings is 1. The lowest BCUT2D eigenvalue weighted by molar-refractivity contribution is -0.133. The van der Waals surface area contributed by atoms with Gasteiger partial charge in [0.15, 0.2) is 0 Å². The van der Waals surface area contributed by atoms with Crippen LogP contribution in [0.4, 0.5) is 0 Å². The van der Waals surface area contributed by atoms with Gasteiger partial charge >= 0.3 is 6.01 Å². The zero-order valence-electron chi connectivity index (χ0n) is 17.8. The third-order valence-corrected chi connectivity index (χ3v) is 5.96. The van der Waals surface area contributed by atoms with E-state index in [4.69, 9.17) is 14.5 Å². The van der Waals surface area contributed by atoms with Crippen LogP contribution in [0, 0.1) is 6.92 Å². The zero-order valence-corrected chi connectivity index (χ0v) is 17.8. The van der Waals surface area contributed by atoms with E-state index in [9.17, 15) is 4.79 Å². The van der Waals surface area contributed by atoms with Crippen molar-refractivity contribution in [1.29, 1.82) is 0 Å². The second-order valence-corrected chi connectivity index (χ2v) is 8.03. The smallest absolute Gasteiger partial charge is 0.317 e. The maximum Gasteiger partial charge on any atom is 0.317 e. The summed E-state index contributed by atoms with van der Waals surface area (Å²) in [7, 11) is 3.47. The lowest BCUT2D eigenvalue weighted by Gasteiger charge is -2.26. The van der Waals surface area contributed by atoms with Crippen LogP contribution >= 0.6 is 0 Å². The van der Waals surface area contributed by atoms with Gasteiger partial charge in [-0.1, -0.05) is 0 Å². The van der Waals surface area contributed by atoms with Gasteiger partial charge in [-0.15, -0.1) is 0 Å². The highest BCUT2D eigenvalue weighted by atomic mass is 16.5. The Morgan fingerprint density at radius 2 is 2.03 bits per heavy atom. The minimum absolute atomic E-state index is 0.0206. The van der Waals surface area contributed by atoms with Gasteiger partial charge in [-0.05, 0) is 19.1 Å². The number of hydrogen-bond donors (Lipinski definition) is 1. The molecule has 4 bridgehead atoms. The Labute approximate surface area is 179 Å². The van der Waals surface area contributed by atoms with Crippen LogP contribution in [0.15, 0.2) is 24.5 Å². The number of aromatic nitrogens is 5. The number of carbonyl (C=O) groups excluding carboxylic acids is 1. The van der Waals surface area contributed by atoms with Crippen LogP contribution in [0.1, 0.15) is 12.2 Å². The second-order valence-electron chi connectivity index (χ2n) is 8.03. The molecule has 1 fully saturated rings. The van der Waals surface area contributed by atoms with Crippen molar-refractivity contribution in [3.05, 3.63) is 30.4 Å². The van der Waals surface area contributed by atoms with Crippen LogP contribution in [0.25, 0.3) is 22.4 Å². The maximum absolute atomic E-state index is 13.0. The molecule has 0 saturated carbocycles. The minimum atomic E-state index is -0.304. The summed E-state index contributed by atoms with van der Waals surface area (Å²) in [6, 6.07) is 3.68. The first-order valence-electron chi connectivity index (χ1n) is 10.4. The van der Waals surface area contributed by atoms with Crippen molar-refractivity contribution in [3.63, 3.8) is 0 Å². The highest BCUT2D eigenvalue weighted by Gasteiger charge is 2.34. The number of nitrogens with zero attached hydrogens (tertiary/aromatic N) is 6. The fraction of sp³-hybridized carbons (Fsp3) is 0.476. The normalized spacial score (nSPS) is 24.0. The van der Waals surface area contributed by atoms with Gasteiger partial charge in [0, 0.05) is 46.1 Å². The number of ether oxygens (including phenoxy) is 2. The molecule has 2 aliphatic rings. The molecule has 0 aliphatic carbocycles. The molecule has 1 amide bonds. The molecule has 3 atom stereocenters. The number of hydrogen-bond acceptors (Lipinski definition) is 8. The summed E-state index contributed by atoms with van der Waals surface area (Å²) < 4.78 is 13.8. The molecule has 5 rings (SSSR count). The van der Waals surface area contributed by atoms with Crippen molar-refractivity contribution in [3.8, 4) is 17.4 Å². The van der Waals surface area contributed by atoms with Gasteiger partial charge in [0.25, 0.3) is 0 Å². The Kier molecular flexibility index (Phi) is 5.03. The number of pyridine rings is 1. The van der Waals surface area contributed by atoms with E-state index < -0.39 is 0 Å². The number of likely N-dealkylation sites (N-methyl/N-ethyl adjacent to an activating group) is 1. The molecular formula is C21H25N7O3. The Morgan fingerprint density at radius 1 is 1.19 bits per heavy atom. The summed E-state index contributed by atoms with van der Waals surface area (Å²) in [5.41, 5.74) is 3.08. The highest BCUT2D eigenvalue weighted by molar-refractivity contribution is 5.89. The molecule has 31 heavy (non-hydrogen) atoms. The summed E-state index contributed by atoms with van der Waals surface area (Å²) in [5, 5.41) is 3.26. The number of fused-ring (bicyclic) bond motifs is 5. The van der Waals surface area contributed by atoms with E-state index >= 15 is 0 Å². The van der Waals surface area contributed by atoms with Gasteiger partial charge < -0.3 is 24.3 Å². The van der Waals surface area contributed by atoms with Gasteiger partial charge in [0.2, 0.25) is 5.91 Å². The standard InChI is InChI=1S/C21H25N7O3/c1-12-25-16-5-6-22-18-15-4-7-23-21(26-15)31-13-8-17(24-9-13)20(29)27(2)10-14(30-3)11-28(12)19(16)18/h4-7,13-14,17,24H,8-11H2,1-3H3/t13-,14-,17-/m0/s1. The monoisotopic (exact) mass is 423 g/mol. The van der Waals surface area contributed by atoms with Crippen molar-refractivity contribution < 1.29 is 14.3 Å². The molecule has 0 unspecified atom stereocenters. The zero-order chi connectivity index (χ0) is 21.5. The van der Waals surface area contributed by atoms with Gasteiger partial charge in [-0.25, -0.2) is 9.97 Å². The summed E-state index contributed by atoms with van der Waals surface area (Å²) in [5.74, 6) is 0.864. The van der Waals surface area contributed by atoms with Crippen molar-refractivity contribution in [2.75, 3.05) is 27.2 Å². The average Bonchev–Trinajstić information content (AvgIpc) is 3.36. The van der Waals surface area contributed by atoms with E-state index in [0.717, 1.165) is 16.9 Å². The number of rotatable bonds is 1. The SMILES string of the molecule is CO[C@H]1CN(C)C(=O)[C@@H]2C[C@@H](CN2)Oc2nccc(n2)-c2nccc3nc(C)n(c23)C1. The minimum Gasteiger partial charge on any atom is -0.459 e. The number of amides is 1. The molecule has 3 aromatic heterocycles. The molecule has 1 N–H and O–H groups in total. The Balaban J connectivity index is 1.66. The molecule has 10 heteroatoms. The number of nitrogens with one attached hydrogen (secondary N) is 1. The summed E-state index contributed by atoms with van der Waals surface area (Å²) in [6.07, 6.45) is 3.57. The van der Waals surface area contributed by atoms with Crippen LogP contribution in [0.2, 0.25) is 0 Å². The van der Waals surface area contributed by atoms with Crippen molar-refractivity contribution in [2.24, 2.45) is 0 Å². The van der Waals surface area contributed by atoms with E-state index in [0.29, 0.717) is 37.4 Å². The molecule has 5 heterocycles. The molecular weight excluding hydrogens is 398 g/mol. The van der Waals surface area contributed by atoms with E-state index in [1.807, 2.05) is 19.1 Å². The van der Waals surface area contributed by atoms with Gasteiger partial charge in [-0.2, -0.15) is 4.98 Å². The number of carbonyl (C=O) groups is 1. The van der Waals surface area contributed by atoms with Crippen LogP contribution in [-0.4, -0.2) is 80.8 Å². The average molecular weight is 423 g/mol. The molecule has 0 radical (unpaired) electrons. The van der Waals surface area contributed by atoms with Crippen molar-refractivity contribution in [2.45, 2.75) is 38.1 Å². The predicted molar refractivity (Wildman–Crippen MR) is 113 cm³/mol. The first kappa shape index (κ1) is 19.8. The molecule has 3 aromatic rings. The Hall–Kier alpha value is -3.11. The topological polar surface area (TPSA) is 107 Å². The second kappa shape index (κ2) is 7.86. The molecule has 10 nitrogen and oxygen atoms in total. The molecule has 0 aromatic carbocycles. The maximum atomic E-state index is 13.0. The molecule has 0 spiro atoms. The van der Waals surface area contributed by atoms with Gasteiger partial charge in [0.1, 0.15) is 17.6 Å². The third-order valence-electron chi connectivity index (χ3n) is 5.96. The van der Waals surface area contributed by atoms with E-state index in [2.05, 4.69) is 24.8 Å². The predicted octanol–water partition coefficient (Wildman–Crippen LogP) is 0.793. The van der Waals surface area contributed by atoms with Crippen LogP contribution in [-0.2, 0) is 16.1 Å². The fourth-order valence-electron chi connectivity index (χ4n) is 4.34. The van der Waals surface area contributed by atoms with Gasteiger partial charge in [-0.3, -0.25) is 9.78 Å². The first-order chi connectivity index (χ1) is 15.0. The molecule has 2 aliphatic heterocycles. The summed E-state index contributed by atoms with van der Waals surface area (Å²) in [6.45, 7) is 3.51. The third kappa shape index (κ3) is 3.61. The van der Waals surface area contributed by atoms with Gasteiger partial charge in [0.05, 0.1) is 35.4 Å². The largest absolute Gasteiger partial charge is 0.459 e. The molecule has 162 valence electrons. The van der Waals surface area contributed by atoms with E-state index in [-0.39, 0.29) is 30.2 Å². The van der Waals surface area contributed by atoms with Crippen LogP contribution in [0.5, 0.6) is 6.01 Å². The number of aryl methyl sites for hydroxylation is 1. The highest BCUT2D eigenvalue weighted by Crippen LogP contribution is 2.28. The lowest BCUT2D eigenvalue weighted by Crippen LogP contribution is -2.45. The Morgan fingerprint density at radius 3 is 2.87 bits per heavy atom. The van der Waals surface area contributed by atoms with Crippen molar-refractivity contribution >= 4 is 16.9 Å². The van der Waals surface area contributed by atoms with E-state index in [1.165, 1.54) is 0 Å². The summed E-state index contributed by atoms with van der Waals surface area (Å²) >= 11 is 0. The lowest BCUT2D eigenvalue weighted by atomic mass is 10.1. The Bertz CT molecular complexity index is 1130. The van der Waals surface area contributed by atoms with Crippen LogP contribution in [0.3, 0.4) is 0 Å². The first-order valence-corrected chi connectivity index (χ1v) is 10.4. The quantitative estimate of drug-likeness (QED) is 0.612. The summed E-state index contributed by atoms with van der Waals surface area (Å²) in [4.78, 5) is 32.9. The van der Waals surface area contributed by atoms with E-state index in [1.54, 1.807) is 31.5 Å². The van der Waals surface area contributed by atoms with Crippen LogP contribution < -0.4 is 10.1 Å².